The molecule has 4 heteroatoms. The fourth-order valence-electron chi connectivity index (χ4n) is 1.81. The minimum absolute atomic E-state index is 0.242. The second-order valence-corrected chi connectivity index (χ2v) is 5.78. The van der Waals surface area contributed by atoms with Gasteiger partial charge in [-0.3, -0.25) is 0 Å². The van der Waals surface area contributed by atoms with E-state index in [0.717, 1.165) is 20.1 Å². The molecule has 94 valence electrons. The second-order valence-electron chi connectivity index (χ2n) is 4.07. The molecule has 18 heavy (non-hydrogen) atoms. The molecule has 0 heterocycles. The molecule has 0 aliphatic rings. The lowest BCUT2D eigenvalue weighted by atomic mass is 10.00. The van der Waals surface area contributed by atoms with Crippen molar-refractivity contribution in [1.29, 1.82) is 0 Å². The molecule has 0 spiro atoms. The summed E-state index contributed by atoms with van der Waals surface area (Å²) in [7, 11) is 0. The molecule has 1 atom stereocenters. The number of hydrogen-bond donors (Lipinski definition) is 1. The highest BCUT2D eigenvalue weighted by atomic mass is 79.9. The van der Waals surface area contributed by atoms with Gasteiger partial charge in [-0.25, -0.2) is 4.39 Å². The zero-order chi connectivity index (χ0) is 13.1. The molecule has 0 saturated carbocycles. The van der Waals surface area contributed by atoms with Crippen molar-refractivity contribution in [2.45, 2.75) is 12.5 Å². The van der Waals surface area contributed by atoms with E-state index in [1.807, 2.05) is 24.3 Å². The Bertz CT molecular complexity index is 557. The minimum atomic E-state index is -0.268. The molecule has 0 aromatic heterocycles. The number of nitrogens with two attached hydrogens (primary N) is 1. The number of benzene rings is 2. The standard InChI is InChI=1S/C14H12Br2FN/c15-12-4-2-1-3-9(12)7-14(18)11-8-10(17)5-6-13(11)16/h1-6,8,14H,7,18H2. The zero-order valence-corrected chi connectivity index (χ0v) is 12.7. The van der Waals surface area contributed by atoms with Gasteiger partial charge >= 0.3 is 0 Å². The van der Waals surface area contributed by atoms with E-state index in [9.17, 15) is 4.39 Å². The molecule has 0 radical (unpaired) electrons. The van der Waals surface area contributed by atoms with Crippen LogP contribution in [0.15, 0.2) is 51.4 Å². The normalized spacial score (nSPS) is 12.4. The van der Waals surface area contributed by atoms with E-state index < -0.39 is 0 Å². The van der Waals surface area contributed by atoms with E-state index in [-0.39, 0.29) is 11.9 Å². The van der Waals surface area contributed by atoms with Crippen molar-refractivity contribution in [2.24, 2.45) is 5.73 Å². The van der Waals surface area contributed by atoms with Gasteiger partial charge < -0.3 is 5.73 Å². The molecule has 2 N–H and O–H groups in total. The van der Waals surface area contributed by atoms with Crippen molar-refractivity contribution in [3.8, 4) is 0 Å². The summed E-state index contributed by atoms with van der Waals surface area (Å²) in [5, 5.41) is 0. The zero-order valence-electron chi connectivity index (χ0n) is 9.54. The smallest absolute Gasteiger partial charge is 0.123 e. The van der Waals surface area contributed by atoms with Crippen LogP contribution in [0.1, 0.15) is 17.2 Å². The first-order valence-electron chi connectivity index (χ1n) is 5.52. The van der Waals surface area contributed by atoms with E-state index >= 15 is 0 Å². The maximum atomic E-state index is 13.2. The van der Waals surface area contributed by atoms with E-state index in [1.54, 1.807) is 6.07 Å². The molecule has 1 unspecified atom stereocenters. The van der Waals surface area contributed by atoms with Gasteiger partial charge in [0, 0.05) is 15.0 Å². The van der Waals surface area contributed by atoms with Crippen molar-refractivity contribution in [1.82, 2.24) is 0 Å². The fraction of sp³-hybridized carbons (Fsp3) is 0.143. The molecule has 0 amide bonds. The van der Waals surface area contributed by atoms with Gasteiger partial charge in [0.25, 0.3) is 0 Å². The topological polar surface area (TPSA) is 26.0 Å². The van der Waals surface area contributed by atoms with Crippen LogP contribution in [0.3, 0.4) is 0 Å². The molecule has 0 bridgehead atoms. The maximum Gasteiger partial charge on any atom is 0.123 e. The molecule has 2 aromatic rings. The average molecular weight is 373 g/mol. The lowest BCUT2D eigenvalue weighted by Gasteiger charge is -2.15. The predicted octanol–water partition coefficient (Wildman–Crippen LogP) is 4.59. The van der Waals surface area contributed by atoms with E-state index in [2.05, 4.69) is 31.9 Å². The minimum Gasteiger partial charge on any atom is -0.324 e. The number of halogens is 3. The highest BCUT2D eigenvalue weighted by Gasteiger charge is 2.13. The van der Waals surface area contributed by atoms with Gasteiger partial charge in [0.2, 0.25) is 0 Å². The summed E-state index contributed by atoms with van der Waals surface area (Å²) >= 11 is 6.89. The molecular weight excluding hydrogens is 361 g/mol. The summed E-state index contributed by atoms with van der Waals surface area (Å²) in [6, 6.07) is 12.2. The third-order valence-electron chi connectivity index (χ3n) is 2.76. The fourth-order valence-corrected chi connectivity index (χ4v) is 2.80. The summed E-state index contributed by atoms with van der Waals surface area (Å²) in [6.45, 7) is 0. The largest absolute Gasteiger partial charge is 0.324 e. The summed E-state index contributed by atoms with van der Waals surface area (Å²) in [4.78, 5) is 0. The van der Waals surface area contributed by atoms with E-state index in [1.165, 1.54) is 12.1 Å². The maximum absolute atomic E-state index is 13.2. The highest BCUT2D eigenvalue weighted by Crippen LogP contribution is 2.27. The Morgan fingerprint density at radius 1 is 1.06 bits per heavy atom. The Hall–Kier alpha value is -0.710. The van der Waals surface area contributed by atoms with Crippen LogP contribution in [0.4, 0.5) is 4.39 Å². The van der Waals surface area contributed by atoms with Crippen molar-refractivity contribution in [3.63, 3.8) is 0 Å². The summed E-state index contributed by atoms with van der Waals surface area (Å²) in [6.07, 6.45) is 0.656. The lowest BCUT2D eigenvalue weighted by molar-refractivity contribution is 0.617. The molecule has 1 nitrogen and oxygen atoms in total. The summed E-state index contributed by atoms with van der Waals surface area (Å²) in [5.74, 6) is -0.268. The van der Waals surface area contributed by atoms with Gasteiger partial charge in [-0.2, -0.15) is 0 Å². The van der Waals surface area contributed by atoms with Crippen LogP contribution < -0.4 is 5.73 Å². The Morgan fingerprint density at radius 2 is 1.78 bits per heavy atom. The number of rotatable bonds is 3. The van der Waals surface area contributed by atoms with Gasteiger partial charge in [0.1, 0.15) is 5.82 Å². The Balaban J connectivity index is 2.25. The first-order chi connectivity index (χ1) is 8.58. The monoisotopic (exact) mass is 371 g/mol. The van der Waals surface area contributed by atoms with Crippen LogP contribution in [-0.2, 0) is 6.42 Å². The predicted molar refractivity (Wildman–Crippen MR) is 78.9 cm³/mol. The summed E-state index contributed by atoms with van der Waals surface area (Å²) in [5.41, 5.74) is 8.04. The molecule has 2 rings (SSSR count). The SMILES string of the molecule is NC(Cc1ccccc1Br)c1cc(F)ccc1Br. The molecule has 0 aliphatic carbocycles. The third-order valence-corrected chi connectivity index (χ3v) is 4.25. The Morgan fingerprint density at radius 3 is 2.50 bits per heavy atom. The van der Waals surface area contributed by atoms with Crippen LogP contribution in [-0.4, -0.2) is 0 Å². The Labute approximate surface area is 122 Å². The Kier molecular flexibility index (Phi) is 4.54. The van der Waals surface area contributed by atoms with Crippen molar-refractivity contribution in [2.75, 3.05) is 0 Å². The highest BCUT2D eigenvalue weighted by molar-refractivity contribution is 9.10. The van der Waals surface area contributed by atoms with Gasteiger partial charge in [-0.15, -0.1) is 0 Å². The van der Waals surface area contributed by atoms with Crippen LogP contribution in [0.5, 0.6) is 0 Å². The molecule has 0 fully saturated rings. The van der Waals surface area contributed by atoms with Crippen molar-refractivity contribution < 1.29 is 4.39 Å². The van der Waals surface area contributed by atoms with Gasteiger partial charge in [-0.1, -0.05) is 50.1 Å². The molecule has 2 aromatic carbocycles. The molecular formula is C14H12Br2FN. The van der Waals surface area contributed by atoms with Crippen LogP contribution in [0.25, 0.3) is 0 Å². The number of hydrogen-bond acceptors (Lipinski definition) is 1. The van der Waals surface area contributed by atoms with Gasteiger partial charge in [0.05, 0.1) is 0 Å². The summed E-state index contributed by atoms with van der Waals surface area (Å²) < 4.78 is 15.1. The first-order valence-corrected chi connectivity index (χ1v) is 7.10. The van der Waals surface area contributed by atoms with Crippen LogP contribution >= 0.6 is 31.9 Å². The lowest BCUT2D eigenvalue weighted by Crippen LogP contribution is -2.14. The first kappa shape index (κ1) is 13.7. The van der Waals surface area contributed by atoms with Crippen molar-refractivity contribution >= 4 is 31.9 Å². The van der Waals surface area contributed by atoms with Crippen LogP contribution in [0, 0.1) is 5.82 Å². The van der Waals surface area contributed by atoms with Gasteiger partial charge in [0.15, 0.2) is 0 Å². The molecule has 0 saturated heterocycles. The van der Waals surface area contributed by atoms with E-state index in [4.69, 9.17) is 5.73 Å². The van der Waals surface area contributed by atoms with E-state index in [0.29, 0.717) is 6.42 Å². The third kappa shape index (κ3) is 3.19. The van der Waals surface area contributed by atoms with Crippen LogP contribution in [0.2, 0.25) is 0 Å². The average Bonchev–Trinajstić information content (AvgIpc) is 2.35. The molecule has 0 aliphatic heterocycles. The second kappa shape index (κ2) is 5.95. The van der Waals surface area contributed by atoms with Crippen molar-refractivity contribution in [3.05, 3.63) is 68.4 Å². The van der Waals surface area contributed by atoms with Gasteiger partial charge in [-0.05, 0) is 41.8 Å². The quantitative estimate of drug-likeness (QED) is 0.837.